The summed E-state index contributed by atoms with van der Waals surface area (Å²) in [6.07, 6.45) is 0.785. The largest absolute Gasteiger partial charge is 0.380 e. The van der Waals surface area contributed by atoms with E-state index >= 15 is 0 Å². The molecule has 1 aromatic rings. The van der Waals surface area contributed by atoms with Crippen LogP contribution in [0.2, 0.25) is 0 Å². The molecule has 1 heterocycles. The number of ether oxygens (including phenoxy) is 1. The van der Waals surface area contributed by atoms with Crippen LogP contribution in [-0.2, 0) is 4.74 Å². The Labute approximate surface area is 97.9 Å². The molecule has 0 N–H and O–H groups in total. The number of nitro benzene ring substituents is 1. The first kappa shape index (κ1) is 11.8. The minimum atomic E-state index is -0.794. The first-order valence-electron chi connectivity index (χ1n) is 5.46. The number of rotatable bonds is 2. The highest BCUT2D eigenvalue weighted by atomic mass is 19.1. The van der Waals surface area contributed by atoms with Crippen LogP contribution >= 0.6 is 0 Å². The summed E-state index contributed by atoms with van der Waals surface area (Å²) < 4.78 is 18.7. The molecule has 5 nitrogen and oxygen atoms in total. The predicted octanol–water partition coefficient (Wildman–Crippen LogP) is 1.96. The molecule has 92 valence electrons. The van der Waals surface area contributed by atoms with Crippen molar-refractivity contribution in [2.24, 2.45) is 0 Å². The number of benzene rings is 1. The third-order valence-corrected chi connectivity index (χ3v) is 2.71. The number of nitro groups is 1. The summed E-state index contributed by atoms with van der Waals surface area (Å²) in [4.78, 5) is 12.0. The molecule has 1 aliphatic heterocycles. The Morgan fingerprint density at radius 3 is 2.94 bits per heavy atom. The molecule has 17 heavy (non-hydrogen) atoms. The minimum absolute atomic E-state index is 0.334. The molecule has 1 aromatic carbocycles. The van der Waals surface area contributed by atoms with E-state index in [1.807, 2.05) is 0 Å². The zero-order valence-electron chi connectivity index (χ0n) is 9.26. The number of para-hydroxylation sites is 1. The molecule has 0 unspecified atom stereocenters. The predicted molar refractivity (Wildman–Crippen MR) is 60.7 cm³/mol. The van der Waals surface area contributed by atoms with E-state index in [1.54, 1.807) is 11.0 Å². The van der Waals surface area contributed by atoms with Crippen molar-refractivity contribution in [2.75, 3.05) is 31.2 Å². The molecule has 1 fully saturated rings. The fourth-order valence-corrected chi connectivity index (χ4v) is 1.93. The third-order valence-electron chi connectivity index (χ3n) is 2.71. The molecule has 1 aliphatic rings. The van der Waals surface area contributed by atoms with E-state index in [2.05, 4.69) is 0 Å². The summed E-state index contributed by atoms with van der Waals surface area (Å²) in [5.41, 5.74) is -0.116. The average molecular weight is 240 g/mol. The summed E-state index contributed by atoms with van der Waals surface area (Å²) >= 11 is 0. The van der Waals surface area contributed by atoms with Crippen molar-refractivity contribution in [3.05, 3.63) is 34.1 Å². The van der Waals surface area contributed by atoms with Crippen LogP contribution in [-0.4, -0.2) is 31.2 Å². The van der Waals surface area contributed by atoms with Gasteiger partial charge in [-0.3, -0.25) is 10.1 Å². The van der Waals surface area contributed by atoms with E-state index in [9.17, 15) is 14.5 Å². The molecule has 0 aliphatic carbocycles. The van der Waals surface area contributed by atoms with E-state index in [1.165, 1.54) is 6.07 Å². The molecule has 0 bridgehead atoms. The van der Waals surface area contributed by atoms with Gasteiger partial charge in [0.05, 0.1) is 11.5 Å². The topological polar surface area (TPSA) is 55.6 Å². The van der Waals surface area contributed by atoms with Crippen molar-refractivity contribution >= 4 is 11.4 Å². The van der Waals surface area contributed by atoms with E-state index in [0.29, 0.717) is 32.0 Å². The van der Waals surface area contributed by atoms with Gasteiger partial charge in [0.1, 0.15) is 5.69 Å². The second-order valence-corrected chi connectivity index (χ2v) is 3.82. The van der Waals surface area contributed by atoms with Crippen LogP contribution in [0.1, 0.15) is 6.42 Å². The lowest BCUT2D eigenvalue weighted by Gasteiger charge is -2.21. The first-order chi connectivity index (χ1) is 8.20. The fraction of sp³-hybridized carbons (Fsp3) is 0.455. The van der Waals surface area contributed by atoms with Gasteiger partial charge in [-0.1, -0.05) is 6.07 Å². The van der Waals surface area contributed by atoms with Gasteiger partial charge in [0, 0.05) is 19.7 Å². The number of halogens is 1. The zero-order chi connectivity index (χ0) is 12.3. The van der Waals surface area contributed by atoms with Gasteiger partial charge < -0.3 is 9.64 Å². The second-order valence-electron chi connectivity index (χ2n) is 3.82. The van der Waals surface area contributed by atoms with E-state index < -0.39 is 16.4 Å². The van der Waals surface area contributed by atoms with Gasteiger partial charge >= 0.3 is 5.69 Å². The molecule has 0 spiro atoms. The smallest absolute Gasteiger partial charge is 0.327 e. The monoisotopic (exact) mass is 240 g/mol. The Hall–Kier alpha value is -1.69. The highest BCUT2D eigenvalue weighted by Crippen LogP contribution is 2.31. The third kappa shape index (κ3) is 2.52. The summed E-state index contributed by atoms with van der Waals surface area (Å²) in [6.45, 7) is 2.34. The Morgan fingerprint density at radius 1 is 1.35 bits per heavy atom. The number of hydrogen-bond acceptors (Lipinski definition) is 4. The standard InChI is InChI=1S/C11H13FN2O3/c12-9-3-1-4-10(11(9)14(15)16)13-5-2-7-17-8-6-13/h1,3-4H,2,5-8H2. The van der Waals surface area contributed by atoms with E-state index in [4.69, 9.17) is 4.74 Å². The normalized spacial score (nSPS) is 16.6. The molecule has 0 amide bonds. The molecule has 0 saturated carbocycles. The van der Waals surface area contributed by atoms with E-state index in [-0.39, 0.29) is 0 Å². The first-order valence-corrected chi connectivity index (χ1v) is 5.46. The summed E-state index contributed by atoms with van der Waals surface area (Å²) in [5.74, 6) is -0.794. The van der Waals surface area contributed by atoms with Gasteiger partial charge in [-0.25, -0.2) is 0 Å². The van der Waals surface area contributed by atoms with Gasteiger partial charge in [0.2, 0.25) is 5.82 Å². The van der Waals surface area contributed by atoms with Gasteiger partial charge in [-0.15, -0.1) is 0 Å². The van der Waals surface area contributed by atoms with Crippen LogP contribution in [0, 0.1) is 15.9 Å². The van der Waals surface area contributed by atoms with Crippen molar-refractivity contribution in [1.29, 1.82) is 0 Å². The Bertz CT molecular complexity index is 417. The Morgan fingerprint density at radius 2 is 2.18 bits per heavy atom. The Kier molecular flexibility index (Phi) is 3.53. The molecule has 0 atom stereocenters. The molecule has 0 aromatic heterocycles. The summed E-state index contributed by atoms with van der Waals surface area (Å²) in [5, 5.41) is 10.9. The summed E-state index contributed by atoms with van der Waals surface area (Å²) in [7, 11) is 0. The lowest BCUT2D eigenvalue weighted by Crippen LogP contribution is -2.26. The average Bonchev–Trinajstić information content (AvgIpc) is 2.56. The molecule has 0 radical (unpaired) electrons. The molecular weight excluding hydrogens is 227 g/mol. The van der Waals surface area contributed by atoms with Crippen molar-refractivity contribution in [1.82, 2.24) is 0 Å². The minimum Gasteiger partial charge on any atom is -0.380 e. The fourth-order valence-electron chi connectivity index (χ4n) is 1.93. The van der Waals surface area contributed by atoms with Gasteiger partial charge in [0.15, 0.2) is 0 Å². The van der Waals surface area contributed by atoms with Crippen LogP contribution in [0.3, 0.4) is 0 Å². The SMILES string of the molecule is O=[N+]([O-])c1c(F)cccc1N1CCCOCC1. The highest BCUT2D eigenvalue weighted by Gasteiger charge is 2.24. The van der Waals surface area contributed by atoms with Gasteiger partial charge in [-0.2, -0.15) is 4.39 Å². The number of hydrogen-bond donors (Lipinski definition) is 0. The van der Waals surface area contributed by atoms with Crippen molar-refractivity contribution in [2.45, 2.75) is 6.42 Å². The van der Waals surface area contributed by atoms with Crippen molar-refractivity contribution < 1.29 is 14.1 Å². The second kappa shape index (κ2) is 5.09. The lowest BCUT2D eigenvalue weighted by atomic mass is 10.2. The van der Waals surface area contributed by atoms with Gasteiger partial charge in [0.25, 0.3) is 0 Å². The highest BCUT2D eigenvalue weighted by molar-refractivity contribution is 5.63. The van der Waals surface area contributed by atoms with Crippen LogP contribution < -0.4 is 4.90 Å². The number of anilines is 1. The molecule has 2 rings (SSSR count). The molecule has 1 saturated heterocycles. The van der Waals surface area contributed by atoms with Gasteiger partial charge in [-0.05, 0) is 18.6 Å². The van der Waals surface area contributed by atoms with E-state index in [0.717, 1.165) is 12.5 Å². The van der Waals surface area contributed by atoms with Crippen LogP contribution in [0.4, 0.5) is 15.8 Å². The van der Waals surface area contributed by atoms with Crippen LogP contribution in [0.15, 0.2) is 18.2 Å². The maximum absolute atomic E-state index is 13.5. The number of nitrogens with zero attached hydrogens (tertiary/aromatic N) is 2. The van der Waals surface area contributed by atoms with Crippen LogP contribution in [0.5, 0.6) is 0 Å². The van der Waals surface area contributed by atoms with Crippen LogP contribution in [0.25, 0.3) is 0 Å². The quantitative estimate of drug-likeness (QED) is 0.585. The molecule has 6 heteroatoms. The lowest BCUT2D eigenvalue weighted by molar-refractivity contribution is -0.386. The molecular formula is C11H13FN2O3. The van der Waals surface area contributed by atoms with Crippen molar-refractivity contribution in [3.8, 4) is 0 Å². The summed E-state index contributed by atoms with van der Waals surface area (Å²) in [6, 6.07) is 4.17. The maximum atomic E-state index is 13.5. The van der Waals surface area contributed by atoms with Crippen molar-refractivity contribution in [3.63, 3.8) is 0 Å². The maximum Gasteiger partial charge on any atom is 0.327 e. The zero-order valence-corrected chi connectivity index (χ0v) is 9.26. The Balaban J connectivity index is 2.36.